The van der Waals surface area contributed by atoms with Crippen molar-refractivity contribution in [3.63, 3.8) is 0 Å². The van der Waals surface area contributed by atoms with Crippen molar-refractivity contribution in [1.82, 2.24) is 15.1 Å². The van der Waals surface area contributed by atoms with Gasteiger partial charge in [0.1, 0.15) is 12.0 Å². The molecule has 4 rings (SSSR count). The SMILES string of the molecule is Cc1c(Cc2ccc(F)c(C(=O)N3CCN(c4ccccc4)C(O)C3)c2)n[nH]c(=O)c1C. The van der Waals surface area contributed by atoms with Gasteiger partial charge in [-0.1, -0.05) is 24.3 Å². The first-order valence-electron chi connectivity index (χ1n) is 10.5. The number of piperazine rings is 1. The number of benzene rings is 2. The van der Waals surface area contributed by atoms with Crippen LogP contribution < -0.4 is 10.5 Å². The minimum atomic E-state index is -0.877. The van der Waals surface area contributed by atoms with Crippen LogP contribution >= 0.6 is 0 Å². The summed E-state index contributed by atoms with van der Waals surface area (Å²) in [5, 5.41) is 17.2. The quantitative estimate of drug-likeness (QED) is 0.656. The van der Waals surface area contributed by atoms with Gasteiger partial charge in [0.15, 0.2) is 0 Å². The van der Waals surface area contributed by atoms with Gasteiger partial charge in [0.2, 0.25) is 0 Å². The molecule has 1 aliphatic rings. The molecule has 1 unspecified atom stereocenters. The predicted molar refractivity (Wildman–Crippen MR) is 119 cm³/mol. The number of aliphatic hydroxyl groups excluding tert-OH is 1. The Labute approximate surface area is 185 Å². The second-order valence-electron chi connectivity index (χ2n) is 8.00. The molecule has 166 valence electrons. The highest BCUT2D eigenvalue weighted by molar-refractivity contribution is 5.95. The van der Waals surface area contributed by atoms with Gasteiger partial charge < -0.3 is 14.9 Å². The second-order valence-corrected chi connectivity index (χ2v) is 8.00. The minimum Gasteiger partial charge on any atom is -0.372 e. The number of hydrogen-bond donors (Lipinski definition) is 2. The Hall–Kier alpha value is -3.52. The normalized spacial score (nSPS) is 16.3. The van der Waals surface area contributed by atoms with E-state index in [-0.39, 0.29) is 17.7 Å². The molecule has 0 saturated carbocycles. The van der Waals surface area contributed by atoms with Crippen LogP contribution in [0, 0.1) is 19.7 Å². The van der Waals surface area contributed by atoms with E-state index in [0.717, 1.165) is 11.3 Å². The monoisotopic (exact) mass is 436 g/mol. The number of nitrogens with zero attached hydrogens (tertiary/aromatic N) is 3. The van der Waals surface area contributed by atoms with Gasteiger partial charge in [-0.2, -0.15) is 5.10 Å². The maximum Gasteiger partial charge on any atom is 0.267 e. The number of H-pyrrole nitrogens is 1. The molecule has 2 N–H and O–H groups in total. The van der Waals surface area contributed by atoms with Crippen LogP contribution in [0.4, 0.5) is 10.1 Å². The van der Waals surface area contributed by atoms with Crippen LogP contribution in [0.15, 0.2) is 53.3 Å². The minimum absolute atomic E-state index is 0.0401. The summed E-state index contributed by atoms with van der Waals surface area (Å²) >= 11 is 0. The summed E-state index contributed by atoms with van der Waals surface area (Å²) in [5.41, 5.74) is 3.32. The van der Waals surface area contributed by atoms with Gasteiger partial charge in [0.05, 0.1) is 17.8 Å². The van der Waals surface area contributed by atoms with Crippen molar-refractivity contribution < 1.29 is 14.3 Å². The molecule has 1 saturated heterocycles. The van der Waals surface area contributed by atoms with Gasteiger partial charge in [-0.05, 0) is 49.2 Å². The third-order valence-electron chi connectivity index (χ3n) is 5.99. The molecular formula is C24H25FN4O3. The van der Waals surface area contributed by atoms with Gasteiger partial charge in [0.25, 0.3) is 11.5 Å². The van der Waals surface area contributed by atoms with Crippen molar-refractivity contribution in [2.45, 2.75) is 26.5 Å². The first kappa shape index (κ1) is 21.7. The molecule has 1 aliphatic heterocycles. The zero-order chi connectivity index (χ0) is 22.8. The molecule has 0 spiro atoms. The van der Waals surface area contributed by atoms with Crippen molar-refractivity contribution in [2.75, 3.05) is 24.5 Å². The summed E-state index contributed by atoms with van der Waals surface area (Å²) in [5.74, 6) is -1.07. The smallest absolute Gasteiger partial charge is 0.267 e. The Morgan fingerprint density at radius 3 is 2.62 bits per heavy atom. The third-order valence-corrected chi connectivity index (χ3v) is 5.99. The topological polar surface area (TPSA) is 89.5 Å². The van der Waals surface area contributed by atoms with Gasteiger partial charge in [-0.15, -0.1) is 0 Å². The number of halogens is 1. The van der Waals surface area contributed by atoms with Crippen molar-refractivity contribution >= 4 is 11.6 Å². The molecule has 0 aliphatic carbocycles. The Balaban J connectivity index is 1.52. The van der Waals surface area contributed by atoms with E-state index in [1.165, 1.54) is 17.0 Å². The number of aliphatic hydroxyl groups is 1. The summed E-state index contributed by atoms with van der Waals surface area (Å²) in [7, 11) is 0. The molecule has 1 amide bonds. The lowest BCUT2D eigenvalue weighted by atomic mass is 10.0. The molecule has 8 heteroatoms. The summed E-state index contributed by atoms with van der Waals surface area (Å²) in [6.45, 7) is 4.43. The maximum atomic E-state index is 14.6. The highest BCUT2D eigenvalue weighted by Crippen LogP contribution is 2.22. The fraction of sp³-hybridized carbons (Fsp3) is 0.292. The van der Waals surface area contributed by atoms with Crippen LogP contribution in [0.5, 0.6) is 0 Å². The van der Waals surface area contributed by atoms with Gasteiger partial charge in [0, 0.05) is 30.8 Å². The molecule has 3 aromatic rings. The van der Waals surface area contributed by atoms with Gasteiger partial charge in [-0.25, -0.2) is 9.49 Å². The number of nitrogens with one attached hydrogen (secondary N) is 1. The molecule has 7 nitrogen and oxygen atoms in total. The van der Waals surface area contributed by atoms with Crippen LogP contribution in [-0.4, -0.2) is 52.0 Å². The zero-order valence-corrected chi connectivity index (χ0v) is 18.0. The summed E-state index contributed by atoms with van der Waals surface area (Å²) in [6.07, 6.45) is -0.522. The largest absolute Gasteiger partial charge is 0.372 e. The Kier molecular flexibility index (Phi) is 6.05. The standard InChI is InChI=1S/C24H25FN4O3/c1-15-16(2)23(31)27-26-21(15)13-17-8-9-20(25)19(12-17)24(32)28-10-11-29(22(30)14-28)18-6-4-3-5-7-18/h3-9,12,22,30H,10-11,13-14H2,1-2H3,(H,27,31). The fourth-order valence-electron chi connectivity index (χ4n) is 3.92. The Morgan fingerprint density at radius 2 is 1.91 bits per heavy atom. The average molecular weight is 436 g/mol. The number of rotatable bonds is 4. The average Bonchev–Trinajstić information content (AvgIpc) is 2.80. The van der Waals surface area contributed by atoms with E-state index in [2.05, 4.69) is 10.2 Å². The second kappa shape index (κ2) is 8.92. The number of carbonyl (C=O) groups excluding carboxylic acids is 1. The van der Waals surface area contributed by atoms with Crippen molar-refractivity contribution in [1.29, 1.82) is 0 Å². The van der Waals surface area contributed by atoms with E-state index < -0.39 is 18.0 Å². The molecule has 1 aromatic heterocycles. The predicted octanol–water partition coefficient (Wildman–Crippen LogP) is 2.40. The number of aromatic nitrogens is 2. The maximum absolute atomic E-state index is 14.6. The van der Waals surface area contributed by atoms with Crippen molar-refractivity contribution in [3.8, 4) is 0 Å². The number of anilines is 1. The number of amides is 1. The Bertz CT molecular complexity index is 1200. The van der Waals surface area contributed by atoms with E-state index >= 15 is 0 Å². The molecule has 2 aromatic carbocycles. The van der Waals surface area contributed by atoms with Crippen molar-refractivity contribution in [3.05, 3.63) is 92.6 Å². The highest BCUT2D eigenvalue weighted by Gasteiger charge is 2.30. The zero-order valence-electron chi connectivity index (χ0n) is 18.0. The lowest BCUT2D eigenvalue weighted by Gasteiger charge is -2.40. The first-order valence-corrected chi connectivity index (χ1v) is 10.5. The molecule has 2 heterocycles. The molecule has 1 atom stereocenters. The van der Waals surface area contributed by atoms with Crippen LogP contribution in [-0.2, 0) is 6.42 Å². The van der Waals surface area contributed by atoms with E-state index in [1.54, 1.807) is 13.0 Å². The van der Waals surface area contributed by atoms with Crippen LogP contribution in [0.25, 0.3) is 0 Å². The lowest BCUT2D eigenvalue weighted by Crippen LogP contribution is -2.55. The number of hydrogen-bond acceptors (Lipinski definition) is 5. The highest BCUT2D eigenvalue weighted by atomic mass is 19.1. The molecular weight excluding hydrogens is 411 g/mol. The summed E-state index contributed by atoms with van der Waals surface area (Å²) < 4.78 is 14.6. The van der Waals surface area contributed by atoms with Crippen LogP contribution in [0.2, 0.25) is 0 Å². The van der Waals surface area contributed by atoms with Crippen LogP contribution in [0.3, 0.4) is 0 Å². The molecule has 32 heavy (non-hydrogen) atoms. The first-order chi connectivity index (χ1) is 15.3. The van der Waals surface area contributed by atoms with E-state index in [0.29, 0.717) is 36.3 Å². The van der Waals surface area contributed by atoms with E-state index in [4.69, 9.17) is 0 Å². The molecule has 1 fully saturated rings. The number of carbonyl (C=O) groups is 1. The van der Waals surface area contributed by atoms with Crippen LogP contribution in [0.1, 0.15) is 32.7 Å². The van der Waals surface area contributed by atoms with E-state index in [9.17, 15) is 19.1 Å². The fourth-order valence-corrected chi connectivity index (χ4v) is 3.92. The van der Waals surface area contributed by atoms with Gasteiger partial charge >= 0.3 is 0 Å². The number of aromatic amines is 1. The summed E-state index contributed by atoms with van der Waals surface area (Å²) in [4.78, 5) is 28.1. The summed E-state index contributed by atoms with van der Waals surface area (Å²) in [6, 6.07) is 13.9. The number of para-hydroxylation sites is 1. The molecule has 0 radical (unpaired) electrons. The Morgan fingerprint density at radius 1 is 1.16 bits per heavy atom. The van der Waals surface area contributed by atoms with E-state index in [1.807, 2.05) is 42.2 Å². The van der Waals surface area contributed by atoms with Crippen molar-refractivity contribution in [2.24, 2.45) is 0 Å². The lowest BCUT2D eigenvalue weighted by molar-refractivity contribution is 0.0518. The number of β-amino-alcohol motifs (C(OH)–C–C–N with tert-alkyl or cyclic N) is 1. The third kappa shape index (κ3) is 4.27. The van der Waals surface area contributed by atoms with Gasteiger partial charge in [-0.3, -0.25) is 9.59 Å². The molecule has 0 bridgehead atoms.